The first-order chi connectivity index (χ1) is 10.6. The highest BCUT2D eigenvalue weighted by Crippen LogP contribution is 2.24. The van der Waals surface area contributed by atoms with E-state index in [-0.39, 0.29) is 5.82 Å². The molecular formula is C12H9N8O2+. The Morgan fingerprint density at radius 1 is 1.36 bits per heavy atom. The van der Waals surface area contributed by atoms with Crippen molar-refractivity contribution >= 4 is 28.1 Å². The van der Waals surface area contributed by atoms with E-state index in [1.54, 1.807) is 24.3 Å². The molecule has 0 saturated carbocycles. The molecule has 1 aromatic carbocycles. The molecule has 10 heteroatoms. The molecule has 0 atom stereocenters. The molecule has 3 rings (SSSR count). The Labute approximate surface area is 122 Å². The fraction of sp³-hybridized carbons (Fsp3) is 0.0833. The van der Waals surface area contributed by atoms with Gasteiger partial charge in [0.25, 0.3) is 0 Å². The van der Waals surface area contributed by atoms with Crippen LogP contribution in [0.5, 0.6) is 0 Å². The maximum atomic E-state index is 12.0. The maximum absolute atomic E-state index is 12.0. The summed E-state index contributed by atoms with van der Waals surface area (Å²) in [4.78, 5) is 14.8. The standard InChI is InChI=1S/C12H8N8O2/c1-6(21)9(15-13)12(22)14-10-7-4-2-3-5-8(7)11-16-18-19-20(11)17-10/h2-5H,1H3,(H-,14,17,21,22)/p+1. The van der Waals surface area contributed by atoms with Crippen LogP contribution < -0.4 is 5.32 Å². The van der Waals surface area contributed by atoms with Gasteiger partial charge in [0.05, 0.1) is 0 Å². The van der Waals surface area contributed by atoms with Crippen LogP contribution in [0.3, 0.4) is 0 Å². The lowest BCUT2D eigenvalue weighted by molar-refractivity contribution is -0.112. The van der Waals surface area contributed by atoms with Crippen molar-refractivity contribution in [3.05, 3.63) is 40.7 Å². The number of nitrogens with one attached hydrogen (secondary N) is 1. The predicted octanol–water partition coefficient (Wildman–Crippen LogP) is 1.25. The molecule has 0 fully saturated rings. The number of aliphatic hydroxyl groups excluding tert-OH is 1. The van der Waals surface area contributed by atoms with E-state index in [9.17, 15) is 9.90 Å². The summed E-state index contributed by atoms with van der Waals surface area (Å²) in [6.45, 7) is 1.23. The first-order valence-electron chi connectivity index (χ1n) is 6.15. The quantitative estimate of drug-likeness (QED) is 0.413. The molecule has 10 nitrogen and oxygen atoms in total. The Hall–Kier alpha value is -3.61. The van der Waals surface area contributed by atoms with E-state index < -0.39 is 17.4 Å². The van der Waals surface area contributed by atoms with Gasteiger partial charge in [0.15, 0.2) is 16.6 Å². The van der Waals surface area contributed by atoms with Crippen LogP contribution in [0.4, 0.5) is 5.82 Å². The zero-order valence-corrected chi connectivity index (χ0v) is 11.3. The summed E-state index contributed by atoms with van der Waals surface area (Å²) in [5, 5.41) is 37.0. The number of allylic oxidation sites excluding steroid dienone is 1. The van der Waals surface area contributed by atoms with Crippen molar-refractivity contribution in [2.75, 3.05) is 5.32 Å². The van der Waals surface area contributed by atoms with Gasteiger partial charge in [0.1, 0.15) is 0 Å². The molecule has 0 aliphatic heterocycles. The second-order valence-corrected chi connectivity index (χ2v) is 4.37. The van der Waals surface area contributed by atoms with Crippen LogP contribution in [-0.4, -0.2) is 36.3 Å². The van der Waals surface area contributed by atoms with Crippen molar-refractivity contribution in [2.45, 2.75) is 6.92 Å². The Morgan fingerprint density at radius 3 is 2.77 bits per heavy atom. The molecule has 2 aromatic heterocycles. The minimum absolute atomic E-state index is 0.169. The van der Waals surface area contributed by atoms with E-state index in [1.807, 2.05) is 0 Å². The van der Waals surface area contributed by atoms with Gasteiger partial charge in [-0.3, -0.25) is 10.1 Å². The van der Waals surface area contributed by atoms with Gasteiger partial charge in [0.2, 0.25) is 11.0 Å². The summed E-state index contributed by atoms with van der Waals surface area (Å²) < 4.78 is 1.17. The highest BCUT2D eigenvalue weighted by molar-refractivity contribution is 6.10. The Kier molecular flexibility index (Phi) is 3.08. The smallest absolute Gasteiger partial charge is 0.485 e. The van der Waals surface area contributed by atoms with Crippen molar-refractivity contribution in [3.63, 3.8) is 0 Å². The number of benzene rings is 1. The van der Waals surface area contributed by atoms with Crippen molar-refractivity contribution in [1.29, 1.82) is 5.39 Å². The average molecular weight is 297 g/mol. The number of tetrazole rings is 1. The molecule has 0 saturated heterocycles. The lowest BCUT2D eigenvalue weighted by Crippen LogP contribution is -2.16. The second kappa shape index (κ2) is 5.06. The third-order valence-corrected chi connectivity index (χ3v) is 2.96. The molecule has 0 unspecified atom stereocenters. The van der Waals surface area contributed by atoms with Gasteiger partial charge in [-0.1, -0.05) is 24.3 Å². The Bertz CT molecular complexity index is 964. The van der Waals surface area contributed by atoms with Gasteiger partial charge < -0.3 is 5.11 Å². The lowest BCUT2D eigenvalue weighted by atomic mass is 10.2. The van der Waals surface area contributed by atoms with E-state index in [2.05, 4.69) is 30.9 Å². The summed E-state index contributed by atoms with van der Waals surface area (Å²) in [6, 6.07) is 7.08. The van der Waals surface area contributed by atoms with Crippen LogP contribution in [0.25, 0.3) is 21.4 Å². The number of rotatable bonds is 2. The molecule has 0 bridgehead atoms. The van der Waals surface area contributed by atoms with Crippen molar-refractivity contribution in [2.24, 2.45) is 0 Å². The number of hydrogen-bond acceptors (Lipinski definition) is 7. The van der Waals surface area contributed by atoms with Gasteiger partial charge in [-0.05, 0) is 10.4 Å². The normalized spacial score (nSPS) is 12.0. The average Bonchev–Trinajstić information content (AvgIpc) is 2.96. The molecule has 1 amide bonds. The number of carbonyl (C=O) groups is 1. The SMILES string of the molecule is C/C(O)=C(\[N+]#N)C(=O)Nc1nn2nnnc2c2ccccc12. The van der Waals surface area contributed by atoms with Crippen LogP contribution in [-0.2, 0) is 4.79 Å². The van der Waals surface area contributed by atoms with Crippen LogP contribution in [0.1, 0.15) is 6.92 Å². The third-order valence-electron chi connectivity index (χ3n) is 2.96. The molecule has 0 aliphatic carbocycles. The minimum atomic E-state index is -0.812. The summed E-state index contributed by atoms with van der Waals surface area (Å²) in [6.07, 6.45) is 0. The Balaban J connectivity index is 2.16. The lowest BCUT2D eigenvalue weighted by Gasteiger charge is -2.05. The summed E-state index contributed by atoms with van der Waals surface area (Å²) >= 11 is 0. The van der Waals surface area contributed by atoms with Crippen molar-refractivity contribution in [1.82, 2.24) is 25.3 Å². The zero-order chi connectivity index (χ0) is 15.7. The molecule has 108 valence electrons. The number of aromatic nitrogens is 5. The third kappa shape index (κ3) is 2.06. The minimum Gasteiger partial charge on any atom is -0.505 e. The molecule has 0 radical (unpaired) electrons. The summed E-state index contributed by atoms with van der Waals surface area (Å²) in [5.41, 5.74) is -0.0720. The predicted molar refractivity (Wildman–Crippen MR) is 75.1 cm³/mol. The fourth-order valence-corrected chi connectivity index (χ4v) is 1.99. The number of nitrogens with zero attached hydrogens (tertiary/aromatic N) is 7. The van der Waals surface area contributed by atoms with Gasteiger partial charge in [0, 0.05) is 17.7 Å². The van der Waals surface area contributed by atoms with E-state index in [1.165, 1.54) is 11.6 Å². The van der Waals surface area contributed by atoms with Gasteiger partial charge in [-0.2, -0.15) is 0 Å². The largest absolute Gasteiger partial charge is 0.505 e. The molecule has 0 aliphatic rings. The van der Waals surface area contributed by atoms with E-state index in [0.717, 1.165) is 0 Å². The maximum Gasteiger partial charge on any atom is 0.485 e. The molecule has 3 aromatic rings. The van der Waals surface area contributed by atoms with E-state index in [0.29, 0.717) is 16.4 Å². The summed E-state index contributed by atoms with van der Waals surface area (Å²) in [5.74, 6) is -1.07. The summed E-state index contributed by atoms with van der Waals surface area (Å²) in [7, 11) is 0. The zero-order valence-electron chi connectivity index (χ0n) is 11.3. The first kappa shape index (κ1) is 13.4. The van der Waals surface area contributed by atoms with Gasteiger partial charge >= 0.3 is 11.6 Å². The number of fused-ring (bicyclic) bond motifs is 3. The number of anilines is 1. The first-order valence-corrected chi connectivity index (χ1v) is 6.15. The monoisotopic (exact) mass is 297 g/mol. The Morgan fingerprint density at radius 2 is 2.09 bits per heavy atom. The fourth-order valence-electron chi connectivity index (χ4n) is 1.99. The second-order valence-electron chi connectivity index (χ2n) is 4.37. The number of hydrogen-bond donors (Lipinski definition) is 2. The van der Waals surface area contributed by atoms with Crippen molar-refractivity contribution in [3.8, 4) is 0 Å². The molecular weight excluding hydrogens is 288 g/mol. The highest BCUT2D eigenvalue weighted by Gasteiger charge is 2.28. The topological polar surface area (TPSA) is 133 Å². The van der Waals surface area contributed by atoms with Gasteiger partial charge in [-0.15, -0.1) is 14.8 Å². The highest BCUT2D eigenvalue weighted by atomic mass is 16.3. The van der Waals surface area contributed by atoms with Crippen LogP contribution >= 0.6 is 0 Å². The molecule has 0 spiro atoms. The van der Waals surface area contributed by atoms with E-state index in [4.69, 9.17) is 5.39 Å². The van der Waals surface area contributed by atoms with Crippen molar-refractivity contribution < 1.29 is 9.90 Å². The number of diazo groups is 1. The number of amides is 1. The van der Waals surface area contributed by atoms with Crippen LogP contribution in [0.15, 0.2) is 35.7 Å². The van der Waals surface area contributed by atoms with Crippen LogP contribution in [0, 0.1) is 5.39 Å². The molecule has 2 heterocycles. The van der Waals surface area contributed by atoms with Crippen LogP contribution in [0.2, 0.25) is 0 Å². The number of aliphatic hydroxyl groups is 1. The van der Waals surface area contributed by atoms with E-state index >= 15 is 0 Å². The molecule has 2 N–H and O–H groups in total. The number of carbonyl (C=O) groups excluding carboxylic acids is 1. The molecule has 22 heavy (non-hydrogen) atoms. The van der Waals surface area contributed by atoms with Gasteiger partial charge in [-0.25, -0.2) is 0 Å².